The molecule has 0 radical (unpaired) electrons. The van der Waals surface area contributed by atoms with E-state index in [4.69, 9.17) is 9.05 Å². The Morgan fingerprint density at radius 3 is 1.47 bits per heavy atom. The Kier molecular flexibility index (Phi) is 35.9. The summed E-state index contributed by atoms with van der Waals surface area (Å²) in [5.74, 6) is -0.200. The predicted octanol–water partition coefficient (Wildman–Crippen LogP) is 11.5. The van der Waals surface area contributed by atoms with Gasteiger partial charge in [-0.1, -0.05) is 173 Å². The number of carbonyl (C=O) groups is 1. The Morgan fingerprint density at radius 1 is 0.642 bits per heavy atom. The summed E-state index contributed by atoms with van der Waals surface area (Å²) in [7, 11) is 1.26. The summed E-state index contributed by atoms with van der Waals surface area (Å²) in [4.78, 5) is 25.2. The van der Waals surface area contributed by atoms with Gasteiger partial charge in [-0.25, -0.2) is 0 Å². The highest BCUT2D eigenvalue weighted by molar-refractivity contribution is 7.45. The number of hydrogen-bond donors (Lipinski definition) is 2. The average Bonchev–Trinajstić information content (AvgIpc) is 3.10. The molecule has 2 N–H and O–H groups in total. The maximum absolute atomic E-state index is 12.8. The second-order valence-electron chi connectivity index (χ2n) is 16.4. The molecule has 53 heavy (non-hydrogen) atoms. The maximum Gasteiger partial charge on any atom is 0.268 e. The van der Waals surface area contributed by atoms with E-state index in [2.05, 4.69) is 31.3 Å². The van der Waals surface area contributed by atoms with Crippen LogP contribution in [-0.2, 0) is 18.4 Å². The van der Waals surface area contributed by atoms with E-state index in [1.165, 1.54) is 141 Å². The van der Waals surface area contributed by atoms with E-state index < -0.39 is 20.0 Å². The first-order chi connectivity index (χ1) is 25.5. The molecule has 0 aromatic rings. The molecule has 8 nitrogen and oxygen atoms in total. The van der Waals surface area contributed by atoms with Gasteiger partial charge < -0.3 is 28.8 Å². The quantitative estimate of drug-likeness (QED) is 0.0278. The molecule has 314 valence electrons. The molecule has 0 rings (SSSR count). The first-order valence-electron chi connectivity index (χ1n) is 22.2. The summed E-state index contributed by atoms with van der Waals surface area (Å²) in [6, 6.07) is -0.882. The Morgan fingerprint density at radius 2 is 1.04 bits per heavy atom. The number of hydrogen-bond acceptors (Lipinski definition) is 6. The van der Waals surface area contributed by atoms with Crippen LogP contribution in [0.3, 0.4) is 0 Å². The number of phosphoric ester groups is 1. The van der Waals surface area contributed by atoms with Gasteiger partial charge in [-0.15, -0.1) is 0 Å². The van der Waals surface area contributed by atoms with Crippen molar-refractivity contribution in [2.24, 2.45) is 0 Å². The highest BCUT2D eigenvalue weighted by Gasteiger charge is 2.23. The molecule has 0 fully saturated rings. The topological polar surface area (TPSA) is 108 Å². The molecule has 0 aromatic heterocycles. The van der Waals surface area contributed by atoms with Crippen LogP contribution in [0, 0.1) is 0 Å². The SMILES string of the molecule is CCCCCCCC/C=C/CCCCCCCCCCCCCC(=O)N[C@@H](COP(=O)([O-])OCC[N+](C)(C)C)[C@H](O)/C=C/CCCCCCCCCC. The number of quaternary nitrogens is 1. The number of carbonyl (C=O) groups excluding carboxylic acids is 1. The summed E-state index contributed by atoms with van der Waals surface area (Å²) in [5, 5.41) is 13.7. The molecule has 0 aliphatic rings. The minimum Gasteiger partial charge on any atom is -0.756 e. The number of nitrogens with one attached hydrogen (secondary N) is 1. The van der Waals surface area contributed by atoms with Gasteiger partial charge in [0, 0.05) is 6.42 Å². The lowest BCUT2D eigenvalue weighted by molar-refractivity contribution is -0.870. The van der Waals surface area contributed by atoms with Gasteiger partial charge in [-0.2, -0.15) is 0 Å². The van der Waals surface area contributed by atoms with Crippen LogP contribution in [-0.4, -0.2) is 68.5 Å². The summed E-state index contributed by atoms with van der Waals surface area (Å²) in [5.41, 5.74) is 0. The van der Waals surface area contributed by atoms with E-state index in [1.54, 1.807) is 6.08 Å². The predicted molar refractivity (Wildman–Crippen MR) is 224 cm³/mol. The molecule has 0 saturated heterocycles. The lowest BCUT2D eigenvalue weighted by atomic mass is 10.0. The first kappa shape index (κ1) is 52.0. The number of unbranched alkanes of at least 4 members (excludes halogenated alkanes) is 25. The lowest BCUT2D eigenvalue weighted by Gasteiger charge is -2.29. The zero-order valence-electron chi connectivity index (χ0n) is 35.5. The third-order valence-electron chi connectivity index (χ3n) is 9.91. The van der Waals surface area contributed by atoms with Crippen molar-refractivity contribution in [1.82, 2.24) is 5.32 Å². The normalized spacial score (nSPS) is 14.6. The molecule has 1 amide bonds. The Bertz CT molecular complexity index is 922. The highest BCUT2D eigenvalue weighted by atomic mass is 31.2. The summed E-state index contributed by atoms with van der Waals surface area (Å²) in [6.45, 7) is 4.62. The summed E-state index contributed by atoms with van der Waals surface area (Å²) in [6.07, 6.45) is 42.3. The number of aliphatic hydroxyl groups is 1. The number of rotatable bonds is 40. The van der Waals surface area contributed by atoms with Crippen LogP contribution < -0.4 is 10.2 Å². The molecule has 0 aromatic carbocycles. The van der Waals surface area contributed by atoms with Crippen molar-refractivity contribution in [2.75, 3.05) is 40.9 Å². The van der Waals surface area contributed by atoms with Crippen LogP contribution in [0.2, 0.25) is 0 Å². The van der Waals surface area contributed by atoms with Gasteiger partial charge in [0.1, 0.15) is 13.2 Å². The second kappa shape index (κ2) is 36.6. The van der Waals surface area contributed by atoms with Crippen molar-refractivity contribution in [3.8, 4) is 0 Å². The van der Waals surface area contributed by atoms with Gasteiger partial charge >= 0.3 is 0 Å². The van der Waals surface area contributed by atoms with Gasteiger partial charge in [0.25, 0.3) is 7.82 Å². The van der Waals surface area contributed by atoms with Crippen LogP contribution in [0.5, 0.6) is 0 Å². The van der Waals surface area contributed by atoms with Crippen molar-refractivity contribution in [3.05, 3.63) is 24.3 Å². The van der Waals surface area contributed by atoms with E-state index in [-0.39, 0.29) is 19.1 Å². The monoisotopic (exact) mass is 771 g/mol. The van der Waals surface area contributed by atoms with Gasteiger partial charge in [0.2, 0.25) is 5.91 Å². The number of aliphatic hydroxyl groups excluding tert-OH is 1. The Labute approximate surface area is 328 Å². The Hall–Kier alpha value is -1.02. The third kappa shape index (κ3) is 39.0. The molecule has 0 bridgehead atoms. The molecule has 0 heterocycles. The van der Waals surface area contributed by atoms with E-state index >= 15 is 0 Å². The minimum absolute atomic E-state index is 0.000153. The van der Waals surface area contributed by atoms with E-state index in [0.29, 0.717) is 17.4 Å². The minimum atomic E-state index is -4.58. The lowest BCUT2D eigenvalue weighted by Crippen LogP contribution is -2.45. The number of nitrogens with zero attached hydrogens (tertiary/aromatic N) is 1. The average molecular weight is 771 g/mol. The van der Waals surface area contributed by atoms with Crippen LogP contribution >= 0.6 is 7.82 Å². The molecular weight excluding hydrogens is 683 g/mol. The molecule has 0 aliphatic heterocycles. The fourth-order valence-corrected chi connectivity index (χ4v) is 7.05. The van der Waals surface area contributed by atoms with Gasteiger partial charge in [-0.3, -0.25) is 9.36 Å². The molecule has 3 atom stereocenters. The van der Waals surface area contributed by atoms with Crippen molar-refractivity contribution in [1.29, 1.82) is 0 Å². The molecule has 9 heteroatoms. The Balaban J connectivity index is 4.27. The van der Waals surface area contributed by atoms with E-state index in [9.17, 15) is 19.4 Å². The zero-order chi connectivity index (χ0) is 39.3. The second-order valence-corrected chi connectivity index (χ2v) is 17.8. The van der Waals surface area contributed by atoms with Crippen LogP contribution in [0.25, 0.3) is 0 Å². The molecule has 0 saturated carbocycles. The largest absolute Gasteiger partial charge is 0.756 e. The highest BCUT2D eigenvalue weighted by Crippen LogP contribution is 2.38. The van der Waals surface area contributed by atoms with Crippen molar-refractivity contribution in [3.63, 3.8) is 0 Å². The fourth-order valence-electron chi connectivity index (χ4n) is 6.32. The van der Waals surface area contributed by atoms with E-state index in [1.807, 2.05) is 27.2 Å². The summed E-state index contributed by atoms with van der Waals surface area (Å²) >= 11 is 0. The summed E-state index contributed by atoms with van der Waals surface area (Å²) < 4.78 is 23.1. The van der Waals surface area contributed by atoms with Crippen molar-refractivity contribution in [2.45, 2.75) is 212 Å². The number of allylic oxidation sites excluding steroid dienone is 3. The van der Waals surface area contributed by atoms with Crippen LogP contribution in [0.15, 0.2) is 24.3 Å². The standard InChI is InChI=1S/C44H87N2O6P/c1-6-8-10-12-14-16-18-19-20-21-22-23-24-25-26-27-28-30-32-34-36-38-44(48)45-42(41-52-53(49,50)51-40-39-46(3,4)5)43(47)37-35-33-31-29-17-15-13-11-9-7-2/h19-20,35,37,42-43,47H,6-18,21-34,36,38-41H2,1-5H3,(H-,45,48,49,50)/b20-19+,37-35+/t42-,43+/m0/s1. The van der Waals surface area contributed by atoms with Gasteiger partial charge in [0.05, 0.1) is 39.9 Å². The molecular formula is C44H87N2O6P. The maximum atomic E-state index is 12.8. The molecule has 0 spiro atoms. The van der Waals surface area contributed by atoms with Gasteiger partial charge in [0.15, 0.2) is 0 Å². The first-order valence-corrected chi connectivity index (χ1v) is 23.7. The van der Waals surface area contributed by atoms with Crippen molar-refractivity contribution < 1.29 is 32.9 Å². The van der Waals surface area contributed by atoms with Gasteiger partial charge in [-0.05, 0) is 44.9 Å². The number of amides is 1. The zero-order valence-corrected chi connectivity index (χ0v) is 36.4. The molecule has 1 unspecified atom stereocenters. The number of likely N-dealkylation sites (N-methyl/N-ethyl adjacent to an activating group) is 1. The van der Waals surface area contributed by atoms with Crippen LogP contribution in [0.4, 0.5) is 0 Å². The molecule has 0 aliphatic carbocycles. The smallest absolute Gasteiger partial charge is 0.268 e. The fraction of sp³-hybridized carbons (Fsp3) is 0.886. The van der Waals surface area contributed by atoms with Crippen molar-refractivity contribution >= 4 is 13.7 Å². The third-order valence-corrected chi connectivity index (χ3v) is 10.9. The van der Waals surface area contributed by atoms with E-state index in [0.717, 1.165) is 38.5 Å². The number of phosphoric acid groups is 1. The van der Waals surface area contributed by atoms with Crippen LogP contribution in [0.1, 0.15) is 200 Å².